The lowest BCUT2D eigenvalue weighted by Gasteiger charge is -2.21. The molecule has 0 aliphatic carbocycles. The highest BCUT2D eigenvalue weighted by Gasteiger charge is 2.19. The molecule has 0 unspecified atom stereocenters. The predicted molar refractivity (Wildman–Crippen MR) is 124 cm³/mol. The van der Waals surface area contributed by atoms with E-state index in [4.69, 9.17) is 11.6 Å². The molecule has 0 aliphatic rings. The summed E-state index contributed by atoms with van der Waals surface area (Å²) >= 11 is 7.35. The number of anilines is 1. The monoisotopic (exact) mass is 457 g/mol. The van der Waals surface area contributed by atoms with Crippen molar-refractivity contribution in [3.8, 4) is 5.69 Å². The molecule has 31 heavy (non-hydrogen) atoms. The van der Waals surface area contributed by atoms with Crippen molar-refractivity contribution in [3.05, 3.63) is 65.4 Å². The van der Waals surface area contributed by atoms with Crippen LogP contribution in [-0.4, -0.2) is 50.3 Å². The summed E-state index contributed by atoms with van der Waals surface area (Å²) in [6, 6.07) is 14.9. The van der Waals surface area contributed by atoms with Crippen LogP contribution >= 0.6 is 23.4 Å². The zero-order chi connectivity index (χ0) is 22.2. The summed E-state index contributed by atoms with van der Waals surface area (Å²) in [4.78, 5) is 26.9. The first kappa shape index (κ1) is 22.8. The molecule has 7 nitrogen and oxygen atoms in total. The Hall–Kier alpha value is -2.84. The number of hydrogen-bond donors (Lipinski definition) is 1. The summed E-state index contributed by atoms with van der Waals surface area (Å²) in [6.45, 7) is 4.41. The van der Waals surface area contributed by atoms with Crippen molar-refractivity contribution in [1.82, 2.24) is 19.7 Å². The van der Waals surface area contributed by atoms with Gasteiger partial charge in [0.1, 0.15) is 6.33 Å². The van der Waals surface area contributed by atoms with Crippen LogP contribution in [0.25, 0.3) is 5.69 Å². The topological polar surface area (TPSA) is 80.1 Å². The van der Waals surface area contributed by atoms with E-state index < -0.39 is 0 Å². The highest BCUT2D eigenvalue weighted by Crippen LogP contribution is 2.22. The normalized spacial score (nSPS) is 10.7. The molecule has 2 aromatic carbocycles. The number of hydrogen-bond acceptors (Lipinski definition) is 5. The molecule has 0 radical (unpaired) electrons. The van der Waals surface area contributed by atoms with E-state index in [9.17, 15) is 9.59 Å². The number of nitrogens with one attached hydrogen (secondary N) is 1. The minimum absolute atomic E-state index is 0.00253. The van der Waals surface area contributed by atoms with Gasteiger partial charge in [0, 0.05) is 17.3 Å². The molecule has 3 aromatic rings. The van der Waals surface area contributed by atoms with Crippen LogP contribution in [0.4, 0.5) is 5.69 Å². The molecule has 0 saturated heterocycles. The second-order valence-corrected chi connectivity index (χ2v) is 8.31. The minimum atomic E-state index is -0.219. The van der Waals surface area contributed by atoms with E-state index in [-0.39, 0.29) is 24.1 Å². The van der Waals surface area contributed by atoms with E-state index >= 15 is 0 Å². The molecule has 9 heteroatoms. The van der Waals surface area contributed by atoms with Gasteiger partial charge in [-0.05, 0) is 43.2 Å². The summed E-state index contributed by atoms with van der Waals surface area (Å²) in [6.07, 6.45) is 2.34. The molecule has 1 N–H and O–H groups in total. The molecule has 0 atom stereocenters. The van der Waals surface area contributed by atoms with Crippen molar-refractivity contribution < 1.29 is 9.59 Å². The maximum absolute atomic E-state index is 12.8. The summed E-state index contributed by atoms with van der Waals surface area (Å²) in [5, 5.41) is 12.1. The van der Waals surface area contributed by atoms with Crippen molar-refractivity contribution in [1.29, 1.82) is 0 Å². The number of amides is 2. The molecule has 162 valence electrons. The van der Waals surface area contributed by atoms with Gasteiger partial charge in [-0.2, -0.15) is 0 Å². The Balaban J connectivity index is 1.62. The van der Waals surface area contributed by atoms with Crippen LogP contribution < -0.4 is 5.32 Å². The lowest BCUT2D eigenvalue weighted by atomic mass is 10.2. The second kappa shape index (κ2) is 11.0. The number of nitrogens with zero attached hydrogens (tertiary/aromatic N) is 4. The third-order valence-electron chi connectivity index (χ3n) is 4.53. The zero-order valence-electron chi connectivity index (χ0n) is 17.4. The quantitative estimate of drug-likeness (QED) is 0.487. The maximum atomic E-state index is 12.8. The summed E-state index contributed by atoms with van der Waals surface area (Å²) in [7, 11) is 0. The molecule has 2 amide bonds. The molecule has 0 spiro atoms. The number of aromatic nitrogens is 3. The average Bonchev–Trinajstić information content (AvgIpc) is 3.22. The van der Waals surface area contributed by atoms with Crippen LogP contribution in [0.3, 0.4) is 0 Å². The van der Waals surface area contributed by atoms with Crippen molar-refractivity contribution >= 4 is 40.9 Å². The van der Waals surface area contributed by atoms with Crippen LogP contribution in [0.15, 0.2) is 60.0 Å². The fourth-order valence-corrected chi connectivity index (χ4v) is 4.00. The van der Waals surface area contributed by atoms with E-state index in [0.29, 0.717) is 16.7 Å². The number of carbonyl (C=O) groups excluding carboxylic acids is 2. The Bertz CT molecular complexity index is 1060. The van der Waals surface area contributed by atoms with Crippen LogP contribution in [0.1, 0.15) is 18.9 Å². The van der Waals surface area contributed by atoms with Crippen molar-refractivity contribution in [2.45, 2.75) is 25.4 Å². The molecular formula is C22H24ClN5O2S. The third kappa shape index (κ3) is 6.32. The Labute approximate surface area is 190 Å². The van der Waals surface area contributed by atoms with Crippen LogP contribution in [-0.2, 0) is 9.59 Å². The van der Waals surface area contributed by atoms with Gasteiger partial charge in [-0.1, -0.05) is 54.6 Å². The van der Waals surface area contributed by atoms with Crippen LogP contribution in [0, 0.1) is 6.92 Å². The van der Waals surface area contributed by atoms with Gasteiger partial charge in [0.15, 0.2) is 5.16 Å². The molecule has 1 aromatic heterocycles. The van der Waals surface area contributed by atoms with E-state index in [1.807, 2.05) is 50.2 Å². The number of carbonyl (C=O) groups is 2. The molecule has 0 saturated carbocycles. The fourth-order valence-electron chi connectivity index (χ4n) is 2.98. The first-order valence-electron chi connectivity index (χ1n) is 9.90. The summed E-state index contributed by atoms with van der Waals surface area (Å²) in [5.74, 6) is -0.202. The van der Waals surface area contributed by atoms with Gasteiger partial charge in [0.05, 0.1) is 18.0 Å². The number of halogens is 1. The van der Waals surface area contributed by atoms with Gasteiger partial charge < -0.3 is 10.2 Å². The number of rotatable bonds is 9. The smallest absolute Gasteiger partial charge is 0.244 e. The number of para-hydroxylation sites is 1. The number of benzene rings is 2. The van der Waals surface area contributed by atoms with Crippen LogP contribution in [0.5, 0.6) is 0 Å². The van der Waals surface area contributed by atoms with Gasteiger partial charge in [0.25, 0.3) is 0 Å². The van der Waals surface area contributed by atoms with Crippen molar-refractivity contribution in [3.63, 3.8) is 0 Å². The van der Waals surface area contributed by atoms with E-state index in [2.05, 4.69) is 15.5 Å². The average molecular weight is 458 g/mol. The van der Waals surface area contributed by atoms with E-state index in [0.717, 1.165) is 23.4 Å². The number of thioether (sulfide) groups is 1. The summed E-state index contributed by atoms with van der Waals surface area (Å²) < 4.78 is 1.78. The number of aryl methyl sites for hydroxylation is 1. The van der Waals surface area contributed by atoms with Gasteiger partial charge in [0.2, 0.25) is 11.8 Å². The Morgan fingerprint density at radius 3 is 2.74 bits per heavy atom. The molecule has 1 heterocycles. The molecular weight excluding hydrogens is 434 g/mol. The van der Waals surface area contributed by atoms with Gasteiger partial charge in [-0.25, -0.2) is 0 Å². The van der Waals surface area contributed by atoms with Crippen molar-refractivity contribution in [2.24, 2.45) is 0 Å². The Morgan fingerprint density at radius 2 is 2.00 bits per heavy atom. The lowest BCUT2D eigenvalue weighted by Crippen LogP contribution is -2.39. The summed E-state index contributed by atoms with van der Waals surface area (Å²) in [5.41, 5.74) is 2.54. The lowest BCUT2D eigenvalue weighted by molar-refractivity contribution is -0.132. The van der Waals surface area contributed by atoms with E-state index in [1.54, 1.807) is 27.9 Å². The largest absolute Gasteiger partial charge is 0.333 e. The van der Waals surface area contributed by atoms with Crippen LogP contribution in [0.2, 0.25) is 5.02 Å². The minimum Gasteiger partial charge on any atom is -0.333 e. The zero-order valence-corrected chi connectivity index (χ0v) is 19.0. The van der Waals surface area contributed by atoms with Gasteiger partial charge >= 0.3 is 0 Å². The third-order valence-corrected chi connectivity index (χ3v) is 5.69. The molecule has 0 aliphatic heterocycles. The standard InChI is InChI=1S/C22H24ClN5O2S/c1-3-11-27(13-20(29)25-19-10-5-4-7-16(19)2)21(30)14-31-22-26-24-15-28(22)18-9-6-8-17(23)12-18/h4-10,12,15H,3,11,13-14H2,1-2H3,(H,25,29). The van der Waals surface area contributed by atoms with Gasteiger partial charge in [-0.3, -0.25) is 14.2 Å². The Morgan fingerprint density at radius 1 is 1.19 bits per heavy atom. The van der Waals surface area contributed by atoms with Gasteiger partial charge in [-0.15, -0.1) is 10.2 Å². The molecule has 0 fully saturated rings. The first-order valence-corrected chi connectivity index (χ1v) is 11.3. The van der Waals surface area contributed by atoms with E-state index in [1.165, 1.54) is 11.8 Å². The highest BCUT2D eigenvalue weighted by molar-refractivity contribution is 7.99. The second-order valence-electron chi connectivity index (χ2n) is 6.93. The highest BCUT2D eigenvalue weighted by atomic mass is 35.5. The SMILES string of the molecule is CCCN(CC(=O)Nc1ccccc1C)C(=O)CSc1nncn1-c1cccc(Cl)c1. The molecule has 3 rings (SSSR count). The van der Waals surface area contributed by atoms with Crippen molar-refractivity contribution in [2.75, 3.05) is 24.2 Å². The first-order chi connectivity index (χ1) is 15.0. The fraction of sp³-hybridized carbons (Fsp3) is 0.273. The maximum Gasteiger partial charge on any atom is 0.244 e. The molecule has 0 bridgehead atoms. The Kier molecular flexibility index (Phi) is 8.08. The predicted octanol–water partition coefficient (Wildman–Crippen LogP) is 4.20.